The van der Waals surface area contributed by atoms with E-state index >= 15 is 0 Å². The molecule has 1 aromatic carbocycles. The van der Waals surface area contributed by atoms with Crippen molar-refractivity contribution in [3.05, 3.63) is 29.8 Å². The van der Waals surface area contributed by atoms with E-state index in [1.807, 2.05) is 38.1 Å². The molecular weight excluding hydrogens is 238 g/mol. The van der Waals surface area contributed by atoms with E-state index in [1.54, 1.807) is 6.92 Å². The summed E-state index contributed by atoms with van der Waals surface area (Å²) < 4.78 is 5.67. The van der Waals surface area contributed by atoms with Crippen LogP contribution in [0.4, 0.5) is 0 Å². The first-order valence-electron chi connectivity index (χ1n) is 5.64. The molecule has 1 amide bonds. The Morgan fingerprint density at radius 1 is 1.47 bits per heavy atom. The number of alkyl halides is 1. The third-order valence-electron chi connectivity index (χ3n) is 2.25. The normalized spacial score (nSPS) is 13.9. The van der Waals surface area contributed by atoms with Crippen molar-refractivity contribution in [1.82, 2.24) is 5.32 Å². The van der Waals surface area contributed by atoms with Crippen LogP contribution in [-0.4, -0.2) is 23.9 Å². The summed E-state index contributed by atoms with van der Waals surface area (Å²) in [6.45, 7) is 6.00. The molecule has 0 bridgehead atoms. The lowest BCUT2D eigenvalue weighted by Crippen LogP contribution is -2.36. The second-order valence-corrected chi connectivity index (χ2v) is 4.76. The molecule has 1 aromatic rings. The number of halogens is 1. The minimum absolute atomic E-state index is 0.0869. The quantitative estimate of drug-likeness (QED) is 0.821. The van der Waals surface area contributed by atoms with Gasteiger partial charge < -0.3 is 10.1 Å². The van der Waals surface area contributed by atoms with Crippen molar-refractivity contribution in [2.75, 3.05) is 6.54 Å². The number of amides is 1. The number of hydrogen-bond donors (Lipinski definition) is 1. The van der Waals surface area contributed by atoms with Gasteiger partial charge in [-0.3, -0.25) is 4.79 Å². The Hall–Kier alpha value is -1.22. The summed E-state index contributed by atoms with van der Waals surface area (Å²) in [5, 5.41) is 2.21. The molecule has 0 radical (unpaired) electrons. The van der Waals surface area contributed by atoms with Gasteiger partial charge in [0.05, 0.1) is 6.54 Å². The zero-order chi connectivity index (χ0) is 12.8. The Kier molecular flexibility index (Phi) is 5.29. The number of nitrogens with one attached hydrogen (secondary N) is 1. The minimum atomic E-state index is -0.513. The SMILES string of the molecule is Cc1cccc(OC(C)CNC(=O)C(C)Cl)c1. The number of aryl methyl sites for hydroxylation is 1. The van der Waals surface area contributed by atoms with Crippen molar-refractivity contribution in [2.24, 2.45) is 0 Å². The third kappa shape index (κ3) is 5.09. The zero-order valence-electron chi connectivity index (χ0n) is 10.4. The Bertz CT molecular complexity index is 379. The van der Waals surface area contributed by atoms with E-state index in [-0.39, 0.29) is 12.0 Å². The molecule has 0 fully saturated rings. The van der Waals surface area contributed by atoms with Gasteiger partial charge in [0.25, 0.3) is 0 Å². The third-order valence-corrected chi connectivity index (χ3v) is 2.45. The van der Waals surface area contributed by atoms with Crippen LogP contribution >= 0.6 is 11.6 Å². The van der Waals surface area contributed by atoms with E-state index in [2.05, 4.69) is 5.32 Å². The van der Waals surface area contributed by atoms with Crippen LogP contribution in [0.3, 0.4) is 0 Å². The van der Waals surface area contributed by atoms with Gasteiger partial charge in [-0.25, -0.2) is 0 Å². The van der Waals surface area contributed by atoms with Crippen molar-refractivity contribution in [2.45, 2.75) is 32.3 Å². The highest BCUT2D eigenvalue weighted by Gasteiger charge is 2.11. The fourth-order valence-electron chi connectivity index (χ4n) is 1.35. The van der Waals surface area contributed by atoms with E-state index in [4.69, 9.17) is 16.3 Å². The lowest BCUT2D eigenvalue weighted by molar-refractivity contribution is -0.120. The van der Waals surface area contributed by atoms with E-state index in [9.17, 15) is 4.79 Å². The van der Waals surface area contributed by atoms with Gasteiger partial charge in [-0.15, -0.1) is 11.6 Å². The first-order chi connectivity index (χ1) is 7.99. The Labute approximate surface area is 107 Å². The largest absolute Gasteiger partial charge is 0.489 e. The van der Waals surface area contributed by atoms with Gasteiger partial charge in [-0.05, 0) is 38.5 Å². The van der Waals surface area contributed by atoms with Gasteiger partial charge in [0.1, 0.15) is 17.2 Å². The molecular formula is C13H18ClNO2. The predicted octanol–water partition coefficient (Wildman–Crippen LogP) is 2.51. The van der Waals surface area contributed by atoms with Crippen molar-refractivity contribution in [1.29, 1.82) is 0 Å². The number of benzene rings is 1. The molecule has 0 aliphatic rings. The maximum atomic E-state index is 11.3. The van der Waals surface area contributed by atoms with Crippen molar-refractivity contribution in [3.63, 3.8) is 0 Å². The summed E-state index contributed by atoms with van der Waals surface area (Å²) in [6, 6.07) is 7.81. The number of carbonyl (C=O) groups excluding carboxylic acids is 1. The maximum Gasteiger partial charge on any atom is 0.237 e. The molecule has 0 saturated heterocycles. The van der Waals surface area contributed by atoms with Crippen LogP contribution in [0.5, 0.6) is 5.75 Å². The summed E-state index contributed by atoms with van der Waals surface area (Å²) in [6.07, 6.45) is -0.0869. The number of ether oxygens (including phenoxy) is 1. The Morgan fingerprint density at radius 2 is 2.18 bits per heavy atom. The van der Waals surface area contributed by atoms with Gasteiger partial charge in [0.15, 0.2) is 0 Å². The topological polar surface area (TPSA) is 38.3 Å². The van der Waals surface area contributed by atoms with Gasteiger partial charge >= 0.3 is 0 Å². The van der Waals surface area contributed by atoms with Crippen LogP contribution in [0.25, 0.3) is 0 Å². The average molecular weight is 256 g/mol. The first kappa shape index (κ1) is 13.8. The molecule has 0 aromatic heterocycles. The lowest BCUT2D eigenvalue weighted by atomic mass is 10.2. The van der Waals surface area contributed by atoms with E-state index < -0.39 is 5.38 Å². The van der Waals surface area contributed by atoms with Gasteiger partial charge in [-0.2, -0.15) is 0 Å². The maximum absolute atomic E-state index is 11.3. The molecule has 0 aliphatic carbocycles. The molecule has 1 rings (SSSR count). The van der Waals surface area contributed by atoms with Gasteiger partial charge in [0, 0.05) is 0 Å². The molecule has 1 N–H and O–H groups in total. The van der Waals surface area contributed by atoms with Gasteiger partial charge in [-0.1, -0.05) is 12.1 Å². The second-order valence-electron chi connectivity index (χ2n) is 4.11. The van der Waals surface area contributed by atoms with Crippen molar-refractivity contribution >= 4 is 17.5 Å². The molecule has 4 heteroatoms. The lowest BCUT2D eigenvalue weighted by Gasteiger charge is -2.16. The Balaban J connectivity index is 2.39. The van der Waals surface area contributed by atoms with E-state index in [0.29, 0.717) is 6.54 Å². The predicted molar refractivity (Wildman–Crippen MR) is 69.6 cm³/mol. The van der Waals surface area contributed by atoms with E-state index in [1.165, 1.54) is 0 Å². The number of carbonyl (C=O) groups is 1. The highest BCUT2D eigenvalue weighted by molar-refractivity contribution is 6.30. The second kappa shape index (κ2) is 6.50. The summed E-state index contributed by atoms with van der Waals surface area (Å²) in [4.78, 5) is 11.3. The number of hydrogen-bond acceptors (Lipinski definition) is 2. The fourth-order valence-corrected chi connectivity index (χ4v) is 1.42. The molecule has 0 saturated carbocycles. The molecule has 2 atom stereocenters. The summed E-state index contributed by atoms with van der Waals surface area (Å²) in [5.41, 5.74) is 1.15. The van der Waals surface area contributed by atoms with Crippen LogP contribution in [0.1, 0.15) is 19.4 Å². The van der Waals surface area contributed by atoms with Crippen LogP contribution in [0, 0.1) is 6.92 Å². The standard InChI is InChI=1S/C13H18ClNO2/c1-9-5-4-6-12(7-9)17-10(2)8-15-13(16)11(3)14/h4-7,10-11H,8H2,1-3H3,(H,15,16). The van der Waals surface area contributed by atoms with Crippen molar-refractivity contribution < 1.29 is 9.53 Å². The van der Waals surface area contributed by atoms with Gasteiger partial charge in [0.2, 0.25) is 5.91 Å². The molecule has 3 nitrogen and oxygen atoms in total. The summed E-state index contributed by atoms with van der Waals surface area (Å²) >= 11 is 5.64. The highest BCUT2D eigenvalue weighted by atomic mass is 35.5. The monoisotopic (exact) mass is 255 g/mol. The molecule has 0 aliphatic heterocycles. The van der Waals surface area contributed by atoms with Crippen LogP contribution in [0.2, 0.25) is 0 Å². The summed E-state index contributed by atoms with van der Waals surface area (Å²) in [7, 11) is 0. The molecule has 94 valence electrons. The fraction of sp³-hybridized carbons (Fsp3) is 0.462. The molecule has 0 heterocycles. The highest BCUT2D eigenvalue weighted by Crippen LogP contribution is 2.13. The van der Waals surface area contributed by atoms with Crippen LogP contribution < -0.4 is 10.1 Å². The molecule has 17 heavy (non-hydrogen) atoms. The summed E-state index contributed by atoms with van der Waals surface area (Å²) in [5.74, 6) is 0.636. The van der Waals surface area contributed by atoms with E-state index in [0.717, 1.165) is 11.3 Å². The molecule has 0 spiro atoms. The first-order valence-corrected chi connectivity index (χ1v) is 6.08. The van der Waals surface area contributed by atoms with Crippen LogP contribution in [0.15, 0.2) is 24.3 Å². The smallest absolute Gasteiger partial charge is 0.237 e. The van der Waals surface area contributed by atoms with Crippen molar-refractivity contribution in [3.8, 4) is 5.75 Å². The number of rotatable bonds is 5. The van der Waals surface area contributed by atoms with Crippen LogP contribution in [-0.2, 0) is 4.79 Å². The molecule has 2 unspecified atom stereocenters. The Morgan fingerprint density at radius 3 is 2.76 bits per heavy atom. The zero-order valence-corrected chi connectivity index (χ0v) is 11.1. The minimum Gasteiger partial charge on any atom is -0.489 e. The average Bonchev–Trinajstić information content (AvgIpc) is 2.25.